The van der Waals surface area contributed by atoms with Crippen LogP contribution in [0.2, 0.25) is 0 Å². The van der Waals surface area contributed by atoms with Gasteiger partial charge in [0.15, 0.2) is 0 Å². The molecule has 1 rings (SSSR count). The fourth-order valence-corrected chi connectivity index (χ4v) is 1.02. The highest BCUT2D eigenvalue weighted by molar-refractivity contribution is 5.58. The summed E-state index contributed by atoms with van der Waals surface area (Å²) < 4.78 is 2.36. The summed E-state index contributed by atoms with van der Waals surface area (Å²) >= 11 is 0. The van der Waals surface area contributed by atoms with Gasteiger partial charge in [-0.1, -0.05) is 0 Å². The minimum absolute atomic E-state index is 0.344. The Morgan fingerprint density at radius 1 is 1.27 bits per heavy atom. The third-order valence-electron chi connectivity index (χ3n) is 1.92. The lowest BCUT2D eigenvalue weighted by Gasteiger charge is -2.06. The van der Waals surface area contributed by atoms with Crippen molar-refractivity contribution < 1.29 is 0 Å². The lowest BCUT2D eigenvalue weighted by Crippen LogP contribution is -2.36. The number of aromatic nitrogens is 2. The highest BCUT2D eigenvalue weighted by Gasteiger charge is 2.03. The fraction of sp³-hybridized carbons (Fsp3) is 0.444. The van der Waals surface area contributed by atoms with E-state index in [2.05, 4.69) is 4.99 Å². The third-order valence-corrected chi connectivity index (χ3v) is 1.92. The molecule has 0 amide bonds. The molecule has 6 heteroatoms. The maximum Gasteiger partial charge on any atom is 0.332 e. The van der Waals surface area contributed by atoms with E-state index in [1.165, 1.54) is 24.0 Å². The molecule has 0 aliphatic rings. The van der Waals surface area contributed by atoms with Gasteiger partial charge in [0.05, 0.1) is 6.34 Å². The smallest absolute Gasteiger partial charge is 0.332 e. The summed E-state index contributed by atoms with van der Waals surface area (Å²) in [5.74, 6) is 0.344. The molecule has 0 fully saturated rings. The summed E-state index contributed by atoms with van der Waals surface area (Å²) in [6.07, 6.45) is 1.54. The standard InChI is InChI=1S/C9H14N4O2/c1-11(2)6-10-7-5-8(14)13(4)9(15)12(7)3/h5-6H,1-4H3/b10-6+. The number of aliphatic imine (C=N–C) groups is 1. The van der Waals surface area contributed by atoms with Gasteiger partial charge in [0.2, 0.25) is 0 Å². The van der Waals surface area contributed by atoms with E-state index in [4.69, 9.17) is 0 Å². The molecule has 1 heterocycles. The van der Waals surface area contributed by atoms with Gasteiger partial charge < -0.3 is 4.90 Å². The quantitative estimate of drug-likeness (QED) is 0.479. The Labute approximate surface area is 87.1 Å². The van der Waals surface area contributed by atoms with Gasteiger partial charge in [-0.05, 0) is 0 Å². The van der Waals surface area contributed by atoms with Gasteiger partial charge in [0.1, 0.15) is 5.82 Å². The van der Waals surface area contributed by atoms with Crippen molar-refractivity contribution in [1.82, 2.24) is 14.0 Å². The van der Waals surface area contributed by atoms with Crippen LogP contribution < -0.4 is 11.2 Å². The van der Waals surface area contributed by atoms with Gasteiger partial charge in [-0.15, -0.1) is 0 Å². The molecule has 1 aromatic heterocycles. The summed E-state index contributed by atoms with van der Waals surface area (Å²) in [6, 6.07) is 1.32. The number of nitrogens with zero attached hydrogens (tertiary/aromatic N) is 4. The zero-order valence-corrected chi connectivity index (χ0v) is 9.26. The van der Waals surface area contributed by atoms with Gasteiger partial charge >= 0.3 is 5.69 Å². The van der Waals surface area contributed by atoms with E-state index in [0.29, 0.717) is 5.82 Å². The van der Waals surface area contributed by atoms with Crippen molar-refractivity contribution in [1.29, 1.82) is 0 Å². The molecule has 0 N–H and O–H groups in total. The van der Waals surface area contributed by atoms with E-state index in [-0.39, 0.29) is 11.2 Å². The molecule has 0 aliphatic carbocycles. The molecule has 6 nitrogen and oxygen atoms in total. The van der Waals surface area contributed by atoms with Gasteiger partial charge in [-0.25, -0.2) is 9.79 Å². The Bertz CT molecular complexity index is 496. The summed E-state index contributed by atoms with van der Waals surface area (Å²) in [5, 5.41) is 0. The van der Waals surface area contributed by atoms with Crippen molar-refractivity contribution in [2.75, 3.05) is 14.1 Å². The Hall–Kier alpha value is -1.85. The van der Waals surface area contributed by atoms with E-state index in [1.807, 2.05) is 14.1 Å². The molecule has 1 aromatic rings. The predicted octanol–water partition coefficient (Wildman–Crippen LogP) is -0.695. The zero-order chi connectivity index (χ0) is 11.6. The molecule has 82 valence electrons. The van der Waals surface area contributed by atoms with Crippen molar-refractivity contribution >= 4 is 12.2 Å². The minimum atomic E-state index is -0.381. The molecule has 0 spiro atoms. The van der Waals surface area contributed by atoms with Crippen LogP contribution in [0.5, 0.6) is 0 Å². The number of hydrogen-bond donors (Lipinski definition) is 0. The molecule has 15 heavy (non-hydrogen) atoms. The largest absolute Gasteiger partial charge is 0.369 e. The Kier molecular flexibility index (Phi) is 3.08. The maximum atomic E-state index is 11.5. The van der Waals surface area contributed by atoms with Crippen LogP contribution in [0.4, 0.5) is 5.82 Å². The van der Waals surface area contributed by atoms with E-state index < -0.39 is 0 Å². The van der Waals surface area contributed by atoms with Crippen molar-refractivity contribution in [3.05, 3.63) is 26.9 Å². The van der Waals surface area contributed by atoms with Crippen LogP contribution in [0.3, 0.4) is 0 Å². The highest BCUT2D eigenvalue weighted by atomic mass is 16.2. The first-order chi connectivity index (χ1) is 6.93. The molecule has 0 radical (unpaired) electrons. The average molecular weight is 210 g/mol. The van der Waals surface area contributed by atoms with E-state index >= 15 is 0 Å². The molecule has 0 unspecified atom stereocenters. The fourth-order valence-electron chi connectivity index (χ4n) is 1.02. The van der Waals surface area contributed by atoms with Crippen molar-refractivity contribution in [2.24, 2.45) is 19.1 Å². The van der Waals surface area contributed by atoms with Gasteiger partial charge in [0.25, 0.3) is 5.56 Å². The summed E-state index contributed by atoms with van der Waals surface area (Å²) in [5.41, 5.74) is -0.739. The van der Waals surface area contributed by atoms with Crippen LogP contribution in [0.1, 0.15) is 0 Å². The van der Waals surface area contributed by atoms with Crippen LogP contribution in [0.25, 0.3) is 0 Å². The molecule has 0 aliphatic heterocycles. The lowest BCUT2D eigenvalue weighted by molar-refractivity contribution is 0.639. The van der Waals surface area contributed by atoms with Crippen molar-refractivity contribution in [3.63, 3.8) is 0 Å². The summed E-state index contributed by atoms with van der Waals surface area (Å²) in [4.78, 5) is 28.6. The Morgan fingerprint density at radius 3 is 2.40 bits per heavy atom. The van der Waals surface area contributed by atoms with Crippen LogP contribution in [0, 0.1) is 0 Å². The Morgan fingerprint density at radius 2 is 1.87 bits per heavy atom. The van der Waals surface area contributed by atoms with Crippen LogP contribution in [-0.2, 0) is 14.1 Å². The lowest BCUT2D eigenvalue weighted by atomic mass is 10.5. The van der Waals surface area contributed by atoms with Gasteiger partial charge in [0, 0.05) is 34.3 Å². The molecular formula is C9H14N4O2. The predicted molar refractivity (Wildman–Crippen MR) is 58.8 cm³/mol. The van der Waals surface area contributed by atoms with Crippen LogP contribution in [-0.4, -0.2) is 34.5 Å². The second-order valence-electron chi connectivity index (χ2n) is 3.45. The monoisotopic (exact) mass is 210 g/mol. The molecule has 0 atom stereocenters. The van der Waals surface area contributed by atoms with Gasteiger partial charge in [-0.3, -0.25) is 13.9 Å². The van der Waals surface area contributed by atoms with Crippen molar-refractivity contribution in [3.8, 4) is 0 Å². The molecule has 0 saturated heterocycles. The van der Waals surface area contributed by atoms with E-state index in [1.54, 1.807) is 11.9 Å². The molecule has 0 bridgehead atoms. The summed E-state index contributed by atoms with van der Waals surface area (Å²) in [7, 11) is 6.62. The normalized spacial score (nSPS) is 10.9. The van der Waals surface area contributed by atoms with E-state index in [0.717, 1.165) is 4.57 Å². The first-order valence-corrected chi connectivity index (χ1v) is 4.41. The number of rotatable bonds is 2. The van der Waals surface area contributed by atoms with Gasteiger partial charge in [-0.2, -0.15) is 0 Å². The Balaban J connectivity index is 3.34. The zero-order valence-electron chi connectivity index (χ0n) is 9.26. The van der Waals surface area contributed by atoms with E-state index in [9.17, 15) is 9.59 Å². The second kappa shape index (κ2) is 4.12. The highest BCUT2D eigenvalue weighted by Crippen LogP contribution is 2.02. The first-order valence-electron chi connectivity index (χ1n) is 4.41. The molecule has 0 saturated carbocycles. The molecule has 0 aromatic carbocycles. The third kappa shape index (κ3) is 2.34. The number of hydrogen-bond acceptors (Lipinski definition) is 3. The topological polar surface area (TPSA) is 59.6 Å². The van der Waals surface area contributed by atoms with Crippen molar-refractivity contribution in [2.45, 2.75) is 0 Å². The SMILES string of the molecule is CN(C)/C=N/c1cc(=O)n(C)c(=O)n1C. The molecular weight excluding hydrogens is 196 g/mol. The minimum Gasteiger partial charge on any atom is -0.369 e. The second-order valence-corrected chi connectivity index (χ2v) is 3.45. The van der Waals surface area contributed by atoms with Crippen LogP contribution in [0.15, 0.2) is 20.6 Å². The summed E-state index contributed by atoms with van der Waals surface area (Å²) in [6.45, 7) is 0. The van der Waals surface area contributed by atoms with Crippen LogP contribution >= 0.6 is 0 Å². The first kappa shape index (κ1) is 11.2. The maximum absolute atomic E-state index is 11.5. The average Bonchev–Trinajstić information content (AvgIpc) is 2.18.